The fraction of sp³-hybridized carbons (Fsp3) is 0.0476. The number of anilines is 2. The molecular weight excluding hydrogens is 340 g/mol. The first kappa shape index (κ1) is 16.3. The molecule has 0 aliphatic heterocycles. The van der Waals surface area contributed by atoms with Gasteiger partial charge in [0, 0.05) is 11.9 Å². The van der Waals surface area contributed by atoms with Gasteiger partial charge in [0.05, 0.1) is 18.4 Å². The van der Waals surface area contributed by atoms with Crippen LogP contribution in [0.3, 0.4) is 0 Å². The minimum Gasteiger partial charge on any atom is -0.332 e. The average molecular weight is 358 g/mol. The predicted octanol–water partition coefficient (Wildman–Crippen LogP) is 4.89. The molecule has 0 aliphatic carbocycles. The van der Waals surface area contributed by atoms with Crippen LogP contribution in [-0.4, -0.2) is 14.9 Å². The Morgan fingerprint density at radius 3 is 2.46 bits per heavy atom. The second-order valence-corrected chi connectivity index (χ2v) is 6.42. The molecular formula is C21H18N4S. The number of aromatic nitrogens is 2. The second-order valence-electron chi connectivity index (χ2n) is 6.01. The lowest BCUT2D eigenvalue weighted by Gasteiger charge is -2.08. The lowest BCUT2D eigenvalue weighted by molar-refractivity contribution is 0.690. The van der Waals surface area contributed by atoms with Crippen LogP contribution in [0.2, 0.25) is 0 Å². The zero-order chi connectivity index (χ0) is 17.8. The summed E-state index contributed by atoms with van der Waals surface area (Å²) in [5.41, 5.74) is 3.05. The van der Waals surface area contributed by atoms with Crippen LogP contribution >= 0.6 is 12.2 Å². The maximum atomic E-state index is 5.36. The molecule has 4 aromatic rings. The van der Waals surface area contributed by atoms with Gasteiger partial charge in [-0.1, -0.05) is 60.7 Å². The normalized spacial score (nSPS) is 10.6. The van der Waals surface area contributed by atoms with Crippen LogP contribution < -0.4 is 10.6 Å². The summed E-state index contributed by atoms with van der Waals surface area (Å²) in [5, 5.41) is 13.8. The van der Waals surface area contributed by atoms with E-state index in [-0.39, 0.29) is 0 Å². The summed E-state index contributed by atoms with van der Waals surface area (Å²) in [4.78, 5) is 0. The van der Waals surface area contributed by atoms with E-state index < -0.39 is 0 Å². The van der Waals surface area contributed by atoms with Crippen LogP contribution in [0.25, 0.3) is 10.8 Å². The van der Waals surface area contributed by atoms with Gasteiger partial charge >= 0.3 is 0 Å². The molecule has 5 heteroatoms. The van der Waals surface area contributed by atoms with Crippen molar-refractivity contribution in [3.63, 3.8) is 0 Å². The summed E-state index contributed by atoms with van der Waals surface area (Å²) in [5.74, 6) is 0. The van der Waals surface area contributed by atoms with Crippen LogP contribution in [0.1, 0.15) is 5.56 Å². The van der Waals surface area contributed by atoms with Crippen molar-refractivity contribution in [1.29, 1.82) is 0 Å². The molecule has 1 heterocycles. The minimum atomic E-state index is 0.543. The highest BCUT2D eigenvalue weighted by Gasteiger charge is 2.05. The number of benzene rings is 3. The van der Waals surface area contributed by atoms with Gasteiger partial charge in [-0.2, -0.15) is 5.10 Å². The Balaban J connectivity index is 1.45. The first-order chi connectivity index (χ1) is 12.8. The van der Waals surface area contributed by atoms with Gasteiger partial charge in [-0.3, -0.25) is 4.68 Å². The lowest BCUT2D eigenvalue weighted by Crippen LogP contribution is -2.18. The molecule has 0 bridgehead atoms. The number of hydrogen-bond donors (Lipinski definition) is 2. The summed E-state index contributed by atoms with van der Waals surface area (Å²) in [7, 11) is 0. The lowest BCUT2D eigenvalue weighted by atomic mass is 10.0. The molecule has 26 heavy (non-hydrogen) atoms. The monoisotopic (exact) mass is 358 g/mol. The van der Waals surface area contributed by atoms with Gasteiger partial charge in [0.25, 0.3) is 0 Å². The second kappa shape index (κ2) is 7.37. The van der Waals surface area contributed by atoms with Gasteiger partial charge in [0.1, 0.15) is 0 Å². The Bertz CT molecular complexity index is 1030. The van der Waals surface area contributed by atoms with Crippen molar-refractivity contribution in [2.24, 2.45) is 0 Å². The fourth-order valence-electron chi connectivity index (χ4n) is 2.93. The predicted molar refractivity (Wildman–Crippen MR) is 112 cm³/mol. The van der Waals surface area contributed by atoms with Crippen molar-refractivity contribution >= 4 is 39.5 Å². The zero-order valence-corrected chi connectivity index (χ0v) is 14.9. The third-order valence-corrected chi connectivity index (χ3v) is 4.34. The van der Waals surface area contributed by atoms with Crippen molar-refractivity contribution in [1.82, 2.24) is 9.78 Å². The van der Waals surface area contributed by atoms with Crippen molar-refractivity contribution < 1.29 is 0 Å². The smallest absolute Gasteiger partial charge is 0.175 e. The van der Waals surface area contributed by atoms with Crippen LogP contribution in [-0.2, 0) is 6.54 Å². The molecule has 0 unspecified atom stereocenters. The average Bonchev–Trinajstić information content (AvgIpc) is 3.09. The quantitative estimate of drug-likeness (QED) is 0.510. The number of rotatable bonds is 4. The largest absolute Gasteiger partial charge is 0.332 e. The van der Waals surface area contributed by atoms with Crippen molar-refractivity contribution in [2.75, 3.05) is 10.6 Å². The van der Waals surface area contributed by atoms with E-state index in [2.05, 4.69) is 58.2 Å². The van der Waals surface area contributed by atoms with Gasteiger partial charge in [0.15, 0.2) is 5.11 Å². The van der Waals surface area contributed by atoms with E-state index in [0.29, 0.717) is 11.7 Å². The molecule has 0 radical (unpaired) electrons. The molecule has 0 amide bonds. The minimum absolute atomic E-state index is 0.543. The molecule has 128 valence electrons. The third kappa shape index (κ3) is 3.73. The fourth-order valence-corrected chi connectivity index (χ4v) is 3.17. The van der Waals surface area contributed by atoms with E-state index in [0.717, 1.165) is 11.4 Å². The summed E-state index contributed by atoms with van der Waals surface area (Å²) >= 11 is 5.36. The van der Waals surface area contributed by atoms with Crippen LogP contribution in [0.4, 0.5) is 11.4 Å². The van der Waals surface area contributed by atoms with E-state index in [4.69, 9.17) is 12.2 Å². The molecule has 0 saturated carbocycles. The van der Waals surface area contributed by atoms with Gasteiger partial charge < -0.3 is 10.6 Å². The molecule has 0 atom stereocenters. The number of para-hydroxylation sites is 1. The van der Waals surface area contributed by atoms with E-state index in [1.54, 1.807) is 6.20 Å². The number of nitrogens with one attached hydrogen (secondary N) is 2. The van der Waals surface area contributed by atoms with Crippen LogP contribution in [0, 0.1) is 0 Å². The standard InChI is InChI=1S/C21H18N4S/c26-21(23-18-10-2-1-3-11-18)24-19-13-22-25(15-19)14-17-9-6-8-16-7-4-5-12-20(16)17/h1-13,15H,14H2,(H2,23,24,26). The summed E-state index contributed by atoms with van der Waals surface area (Å²) in [6, 6.07) is 24.6. The van der Waals surface area contributed by atoms with Crippen molar-refractivity contribution in [2.45, 2.75) is 6.54 Å². The zero-order valence-electron chi connectivity index (χ0n) is 14.1. The maximum Gasteiger partial charge on any atom is 0.175 e. The van der Waals surface area contributed by atoms with E-state index in [1.807, 2.05) is 41.2 Å². The molecule has 3 aromatic carbocycles. The summed E-state index contributed by atoms with van der Waals surface area (Å²) < 4.78 is 1.91. The van der Waals surface area contributed by atoms with Crippen LogP contribution in [0.5, 0.6) is 0 Å². The van der Waals surface area contributed by atoms with E-state index in [9.17, 15) is 0 Å². The number of fused-ring (bicyclic) bond motifs is 1. The topological polar surface area (TPSA) is 41.9 Å². The van der Waals surface area contributed by atoms with Gasteiger partial charge in [-0.25, -0.2) is 0 Å². The van der Waals surface area contributed by atoms with Crippen molar-refractivity contribution in [3.8, 4) is 0 Å². The summed E-state index contributed by atoms with van der Waals surface area (Å²) in [6.07, 6.45) is 3.74. The van der Waals surface area contributed by atoms with E-state index >= 15 is 0 Å². The molecule has 4 nitrogen and oxygen atoms in total. The molecule has 0 spiro atoms. The highest BCUT2D eigenvalue weighted by molar-refractivity contribution is 7.80. The Kier molecular flexibility index (Phi) is 4.62. The Morgan fingerprint density at radius 1 is 0.846 bits per heavy atom. The van der Waals surface area contributed by atoms with E-state index in [1.165, 1.54) is 16.3 Å². The Labute approximate surface area is 157 Å². The first-order valence-corrected chi connectivity index (χ1v) is 8.81. The highest BCUT2D eigenvalue weighted by atomic mass is 32.1. The Hall–Kier alpha value is -3.18. The number of hydrogen-bond acceptors (Lipinski definition) is 2. The van der Waals surface area contributed by atoms with Crippen molar-refractivity contribution in [3.05, 3.63) is 90.8 Å². The molecule has 1 aromatic heterocycles. The van der Waals surface area contributed by atoms with Crippen LogP contribution in [0.15, 0.2) is 85.2 Å². The van der Waals surface area contributed by atoms with Gasteiger partial charge in [0.2, 0.25) is 0 Å². The molecule has 0 fully saturated rings. The highest BCUT2D eigenvalue weighted by Crippen LogP contribution is 2.19. The maximum absolute atomic E-state index is 5.36. The molecule has 4 rings (SSSR count). The number of nitrogens with zero attached hydrogens (tertiary/aromatic N) is 2. The Morgan fingerprint density at radius 2 is 1.58 bits per heavy atom. The molecule has 2 N–H and O–H groups in total. The third-order valence-electron chi connectivity index (χ3n) is 4.14. The van der Waals surface area contributed by atoms with Gasteiger partial charge in [-0.15, -0.1) is 0 Å². The summed E-state index contributed by atoms with van der Waals surface area (Å²) in [6.45, 7) is 0.710. The molecule has 0 saturated heterocycles. The SMILES string of the molecule is S=C(Nc1ccccc1)Nc1cnn(Cc2cccc3ccccc23)c1. The molecule has 0 aliphatic rings. The van der Waals surface area contributed by atoms with Gasteiger partial charge in [-0.05, 0) is 40.7 Å². The first-order valence-electron chi connectivity index (χ1n) is 8.40. The number of thiocarbonyl (C=S) groups is 1.